The van der Waals surface area contributed by atoms with Crippen molar-refractivity contribution >= 4 is 23.4 Å². The van der Waals surface area contributed by atoms with Crippen LogP contribution in [-0.4, -0.2) is 53.9 Å². The molecule has 0 saturated carbocycles. The highest BCUT2D eigenvalue weighted by Crippen LogP contribution is 2.31. The molecule has 1 aromatic heterocycles. The number of hydrogen-bond acceptors (Lipinski definition) is 4. The van der Waals surface area contributed by atoms with Crippen LogP contribution in [0.3, 0.4) is 0 Å². The topological polar surface area (TPSA) is 63.0 Å². The standard InChI is InChI=1S/C22H25ClN2O4/c1-15-12-17(23)6-7-19(15)29-14-21(26)25-9-2-4-16-13-24(10-8-18(16)25)22(27)20-5-3-11-28-20/h3,5-7,11-12,16,18H,2,4,8-10,13-14H2,1H3/t16-,18+/m1/s1. The predicted octanol–water partition coefficient (Wildman–Crippen LogP) is 3.77. The Morgan fingerprint density at radius 2 is 2.10 bits per heavy atom. The Kier molecular flexibility index (Phi) is 5.81. The summed E-state index contributed by atoms with van der Waals surface area (Å²) in [6.45, 7) is 3.96. The molecule has 7 heteroatoms. The highest BCUT2D eigenvalue weighted by molar-refractivity contribution is 6.30. The average Bonchev–Trinajstić information content (AvgIpc) is 3.26. The molecule has 0 radical (unpaired) electrons. The van der Waals surface area contributed by atoms with Crippen LogP contribution < -0.4 is 4.74 Å². The fourth-order valence-electron chi connectivity index (χ4n) is 4.45. The van der Waals surface area contributed by atoms with Gasteiger partial charge in [-0.3, -0.25) is 9.59 Å². The third-order valence-electron chi connectivity index (χ3n) is 5.90. The summed E-state index contributed by atoms with van der Waals surface area (Å²) in [5.74, 6) is 1.27. The summed E-state index contributed by atoms with van der Waals surface area (Å²) in [4.78, 5) is 29.3. The van der Waals surface area contributed by atoms with Crippen LogP contribution in [0.5, 0.6) is 5.75 Å². The molecule has 2 atom stereocenters. The number of halogens is 1. The van der Waals surface area contributed by atoms with Crippen molar-refractivity contribution in [2.24, 2.45) is 5.92 Å². The summed E-state index contributed by atoms with van der Waals surface area (Å²) in [7, 11) is 0. The molecule has 2 saturated heterocycles. The van der Waals surface area contributed by atoms with Gasteiger partial charge in [-0.2, -0.15) is 0 Å². The van der Waals surface area contributed by atoms with E-state index < -0.39 is 0 Å². The normalized spacial score (nSPS) is 21.6. The lowest BCUT2D eigenvalue weighted by Gasteiger charge is -2.47. The Labute approximate surface area is 175 Å². The van der Waals surface area contributed by atoms with E-state index in [-0.39, 0.29) is 30.4 Å². The van der Waals surface area contributed by atoms with Gasteiger partial charge in [0.2, 0.25) is 0 Å². The molecule has 0 unspecified atom stereocenters. The first-order valence-corrected chi connectivity index (χ1v) is 10.4. The van der Waals surface area contributed by atoms with E-state index in [9.17, 15) is 9.59 Å². The van der Waals surface area contributed by atoms with Crippen LogP contribution in [0.1, 0.15) is 35.4 Å². The Morgan fingerprint density at radius 1 is 1.24 bits per heavy atom. The largest absolute Gasteiger partial charge is 0.483 e. The zero-order valence-corrected chi connectivity index (χ0v) is 17.2. The van der Waals surface area contributed by atoms with Crippen molar-refractivity contribution in [2.45, 2.75) is 32.2 Å². The fraction of sp³-hybridized carbons (Fsp3) is 0.455. The number of furan rings is 1. The molecule has 0 bridgehead atoms. The van der Waals surface area contributed by atoms with Crippen molar-refractivity contribution in [1.29, 1.82) is 0 Å². The summed E-state index contributed by atoms with van der Waals surface area (Å²) in [5, 5.41) is 0.649. The lowest BCUT2D eigenvalue weighted by atomic mass is 9.83. The smallest absolute Gasteiger partial charge is 0.289 e. The molecule has 1 aromatic carbocycles. The zero-order valence-electron chi connectivity index (χ0n) is 16.5. The van der Waals surface area contributed by atoms with Crippen molar-refractivity contribution in [2.75, 3.05) is 26.2 Å². The molecular weight excluding hydrogens is 392 g/mol. The molecule has 2 aromatic rings. The van der Waals surface area contributed by atoms with Crippen molar-refractivity contribution in [3.05, 3.63) is 52.9 Å². The van der Waals surface area contributed by atoms with Crippen LogP contribution in [0, 0.1) is 12.8 Å². The molecule has 29 heavy (non-hydrogen) atoms. The van der Waals surface area contributed by atoms with Gasteiger partial charge in [0.05, 0.1) is 6.26 Å². The van der Waals surface area contributed by atoms with Crippen LogP contribution in [0.2, 0.25) is 5.02 Å². The lowest BCUT2D eigenvalue weighted by molar-refractivity contribution is -0.140. The van der Waals surface area contributed by atoms with E-state index in [1.165, 1.54) is 6.26 Å². The van der Waals surface area contributed by atoms with Crippen molar-refractivity contribution < 1.29 is 18.7 Å². The van der Waals surface area contributed by atoms with Gasteiger partial charge >= 0.3 is 0 Å². The van der Waals surface area contributed by atoms with Gasteiger partial charge in [-0.1, -0.05) is 11.6 Å². The second-order valence-electron chi connectivity index (χ2n) is 7.77. The van der Waals surface area contributed by atoms with E-state index in [0.29, 0.717) is 29.6 Å². The molecule has 4 rings (SSSR count). The third kappa shape index (κ3) is 4.27. The summed E-state index contributed by atoms with van der Waals surface area (Å²) >= 11 is 5.98. The Morgan fingerprint density at radius 3 is 2.86 bits per heavy atom. The monoisotopic (exact) mass is 416 g/mol. The molecule has 3 heterocycles. The number of carbonyl (C=O) groups excluding carboxylic acids is 2. The highest BCUT2D eigenvalue weighted by atomic mass is 35.5. The van der Waals surface area contributed by atoms with Gasteiger partial charge in [-0.05, 0) is 68.0 Å². The third-order valence-corrected chi connectivity index (χ3v) is 6.13. The van der Waals surface area contributed by atoms with Gasteiger partial charge in [0.25, 0.3) is 11.8 Å². The minimum Gasteiger partial charge on any atom is -0.483 e. The number of likely N-dealkylation sites (tertiary alicyclic amines) is 2. The first-order chi connectivity index (χ1) is 14.0. The van der Waals surface area contributed by atoms with Crippen LogP contribution >= 0.6 is 11.6 Å². The lowest BCUT2D eigenvalue weighted by Crippen LogP contribution is -2.57. The molecule has 2 amide bonds. The van der Waals surface area contributed by atoms with Crippen LogP contribution in [0.25, 0.3) is 0 Å². The molecule has 0 aliphatic carbocycles. The number of ether oxygens (including phenoxy) is 1. The number of benzene rings is 1. The Hall–Kier alpha value is -2.47. The fourth-order valence-corrected chi connectivity index (χ4v) is 4.68. The SMILES string of the molecule is Cc1cc(Cl)ccc1OCC(=O)N1CCC[C@@H]2CN(C(=O)c3ccco3)CC[C@@H]21. The second kappa shape index (κ2) is 8.49. The maximum atomic E-state index is 12.9. The molecule has 2 fully saturated rings. The van der Waals surface area contributed by atoms with E-state index in [2.05, 4.69) is 0 Å². The number of carbonyl (C=O) groups is 2. The van der Waals surface area contributed by atoms with Gasteiger partial charge < -0.3 is 19.0 Å². The molecule has 0 N–H and O–H groups in total. The minimum atomic E-state index is -0.0709. The van der Waals surface area contributed by atoms with Gasteiger partial charge in [0, 0.05) is 30.7 Å². The van der Waals surface area contributed by atoms with Crippen molar-refractivity contribution in [1.82, 2.24) is 9.80 Å². The summed E-state index contributed by atoms with van der Waals surface area (Å²) in [5.41, 5.74) is 0.909. The molecule has 6 nitrogen and oxygen atoms in total. The second-order valence-corrected chi connectivity index (χ2v) is 8.21. The molecule has 0 spiro atoms. The first-order valence-electron chi connectivity index (χ1n) is 10.0. The zero-order chi connectivity index (χ0) is 20.4. The van der Waals surface area contributed by atoms with Gasteiger partial charge in [0.1, 0.15) is 5.75 Å². The van der Waals surface area contributed by atoms with E-state index in [4.69, 9.17) is 20.8 Å². The average molecular weight is 417 g/mol. The van der Waals surface area contributed by atoms with E-state index in [1.807, 2.05) is 22.8 Å². The number of aryl methyl sites for hydroxylation is 1. The quantitative estimate of drug-likeness (QED) is 0.761. The predicted molar refractivity (Wildman–Crippen MR) is 109 cm³/mol. The van der Waals surface area contributed by atoms with E-state index in [1.54, 1.807) is 24.3 Å². The summed E-state index contributed by atoms with van der Waals surface area (Å²) < 4.78 is 11.0. The molecule has 154 valence electrons. The summed E-state index contributed by atoms with van der Waals surface area (Å²) in [6, 6.07) is 8.96. The Bertz CT molecular complexity index is 883. The Balaban J connectivity index is 1.37. The number of piperidine rings is 2. The maximum Gasteiger partial charge on any atom is 0.289 e. The van der Waals surface area contributed by atoms with Gasteiger partial charge in [-0.25, -0.2) is 0 Å². The number of rotatable bonds is 4. The maximum absolute atomic E-state index is 12.9. The van der Waals surface area contributed by atoms with Crippen molar-refractivity contribution in [3.63, 3.8) is 0 Å². The number of hydrogen-bond donors (Lipinski definition) is 0. The van der Waals surface area contributed by atoms with Gasteiger partial charge in [-0.15, -0.1) is 0 Å². The van der Waals surface area contributed by atoms with Crippen LogP contribution in [0.4, 0.5) is 0 Å². The first kappa shape index (κ1) is 19.8. The van der Waals surface area contributed by atoms with Crippen LogP contribution in [-0.2, 0) is 4.79 Å². The minimum absolute atomic E-state index is 0.000129. The van der Waals surface area contributed by atoms with E-state index in [0.717, 1.165) is 31.4 Å². The number of fused-ring (bicyclic) bond motifs is 1. The number of nitrogens with zero attached hydrogens (tertiary/aromatic N) is 2. The van der Waals surface area contributed by atoms with Gasteiger partial charge in [0.15, 0.2) is 12.4 Å². The molecule has 2 aliphatic rings. The van der Waals surface area contributed by atoms with E-state index >= 15 is 0 Å². The molecule has 2 aliphatic heterocycles. The van der Waals surface area contributed by atoms with Crippen LogP contribution in [0.15, 0.2) is 41.0 Å². The molecular formula is C22H25ClN2O4. The van der Waals surface area contributed by atoms with Crippen molar-refractivity contribution in [3.8, 4) is 5.75 Å². The number of amides is 2. The highest BCUT2D eigenvalue weighted by Gasteiger charge is 2.39. The summed E-state index contributed by atoms with van der Waals surface area (Å²) in [6.07, 6.45) is 4.26.